The van der Waals surface area contributed by atoms with Gasteiger partial charge in [-0.1, -0.05) is 146 Å². The summed E-state index contributed by atoms with van der Waals surface area (Å²) in [6.45, 7) is 0. The largest absolute Gasteiger partial charge is 0.454 e. The van der Waals surface area contributed by atoms with Gasteiger partial charge < -0.3 is 13.9 Å². The van der Waals surface area contributed by atoms with Gasteiger partial charge in [-0.15, -0.1) is 0 Å². The van der Waals surface area contributed by atoms with Crippen molar-refractivity contribution in [2.75, 3.05) is 4.90 Å². The molecule has 3 nitrogen and oxygen atoms in total. The maximum Gasteiger partial charge on any atom is 0.159 e. The van der Waals surface area contributed by atoms with Gasteiger partial charge in [0.1, 0.15) is 5.58 Å². The zero-order valence-electron chi connectivity index (χ0n) is 28.8. The maximum absolute atomic E-state index is 6.73. The van der Waals surface area contributed by atoms with Gasteiger partial charge in [-0.25, -0.2) is 0 Å². The molecule has 0 atom stereocenters. The lowest BCUT2D eigenvalue weighted by Gasteiger charge is -2.28. The second-order valence-corrected chi connectivity index (χ2v) is 13.7. The van der Waals surface area contributed by atoms with E-state index in [0.29, 0.717) is 0 Å². The van der Waals surface area contributed by atoms with Crippen LogP contribution < -0.4 is 4.90 Å². The summed E-state index contributed by atoms with van der Waals surface area (Å²) in [5, 5.41) is 9.51. The molecule has 0 saturated carbocycles. The Kier molecular flexibility index (Phi) is 6.55. The standard InChI is InChI=1S/C50H32N2O/c1-2-17-35(18-3-1)52-45-28-10-8-23-41(45)43-26-13-25-38(49(43)52)33-16-12-19-36(31-33)51(46-29-14-27-44-42-24-9-11-30-48(42)53-50(44)46)47-32-34-15-4-5-20-37(34)39-21-6-7-22-40(39)47/h1-32H. The fourth-order valence-corrected chi connectivity index (χ4v) is 8.45. The van der Waals surface area contributed by atoms with Crippen LogP contribution in [0.5, 0.6) is 0 Å². The highest BCUT2D eigenvalue weighted by Gasteiger charge is 2.23. The quantitative estimate of drug-likeness (QED) is 0.169. The Labute approximate surface area is 306 Å². The Morgan fingerprint density at radius 1 is 0.415 bits per heavy atom. The zero-order chi connectivity index (χ0) is 34.9. The molecule has 248 valence electrons. The van der Waals surface area contributed by atoms with Crippen molar-refractivity contribution in [3.05, 3.63) is 194 Å². The van der Waals surface area contributed by atoms with Gasteiger partial charge in [-0.05, 0) is 70.3 Å². The van der Waals surface area contributed by atoms with Gasteiger partial charge in [0.15, 0.2) is 5.58 Å². The molecule has 0 fully saturated rings. The first-order valence-corrected chi connectivity index (χ1v) is 18.1. The molecule has 0 N–H and O–H groups in total. The van der Waals surface area contributed by atoms with E-state index in [9.17, 15) is 0 Å². The molecule has 0 unspecified atom stereocenters. The van der Waals surface area contributed by atoms with Gasteiger partial charge in [-0.3, -0.25) is 0 Å². The van der Waals surface area contributed by atoms with Gasteiger partial charge in [0, 0.05) is 43.9 Å². The highest BCUT2D eigenvalue weighted by atomic mass is 16.3. The van der Waals surface area contributed by atoms with Crippen LogP contribution in [0.3, 0.4) is 0 Å². The third kappa shape index (κ3) is 4.54. The zero-order valence-corrected chi connectivity index (χ0v) is 28.8. The highest BCUT2D eigenvalue weighted by molar-refractivity contribution is 6.17. The lowest BCUT2D eigenvalue weighted by Crippen LogP contribution is -2.11. The van der Waals surface area contributed by atoms with Gasteiger partial charge in [-0.2, -0.15) is 0 Å². The number of fused-ring (bicyclic) bond motifs is 9. The smallest absolute Gasteiger partial charge is 0.159 e. The number of para-hydroxylation sites is 5. The third-order valence-corrected chi connectivity index (χ3v) is 10.7. The van der Waals surface area contributed by atoms with Crippen molar-refractivity contribution in [3.63, 3.8) is 0 Å². The Balaban J connectivity index is 1.22. The molecule has 53 heavy (non-hydrogen) atoms. The molecule has 0 spiro atoms. The van der Waals surface area contributed by atoms with Crippen LogP contribution >= 0.6 is 0 Å². The van der Waals surface area contributed by atoms with E-state index in [1.54, 1.807) is 0 Å². The van der Waals surface area contributed by atoms with E-state index in [0.717, 1.165) is 50.3 Å². The van der Waals surface area contributed by atoms with E-state index in [4.69, 9.17) is 4.42 Å². The first-order valence-electron chi connectivity index (χ1n) is 18.1. The molecule has 0 bridgehead atoms. The molecular formula is C50H32N2O. The average molecular weight is 677 g/mol. The fraction of sp³-hybridized carbons (Fsp3) is 0. The Hall–Kier alpha value is -7.10. The van der Waals surface area contributed by atoms with Gasteiger partial charge in [0.2, 0.25) is 0 Å². The van der Waals surface area contributed by atoms with Gasteiger partial charge in [0.05, 0.1) is 22.4 Å². The summed E-state index contributed by atoms with van der Waals surface area (Å²) in [4.78, 5) is 2.40. The summed E-state index contributed by atoms with van der Waals surface area (Å²) >= 11 is 0. The number of benzene rings is 9. The van der Waals surface area contributed by atoms with Crippen LogP contribution in [0, 0.1) is 0 Å². The van der Waals surface area contributed by atoms with E-state index >= 15 is 0 Å². The summed E-state index contributed by atoms with van der Waals surface area (Å²) in [5.41, 5.74) is 10.7. The number of hydrogen-bond donors (Lipinski definition) is 0. The maximum atomic E-state index is 6.73. The summed E-state index contributed by atoms with van der Waals surface area (Å²) < 4.78 is 9.15. The average Bonchev–Trinajstić information content (AvgIpc) is 3.78. The lowest BCUT2D eigenvalue weighted by molar-refractivity contribution is 0.669. The van der Waals surface area contributed by atoms with Crippen LogP contribution in [0.1, 0.15) is 0 Å². The molecule has 2 aromatic heterocycles. The normalized spacial score (nSPS) is 11.8. The Bertz CT molecular complexity index is 3190. The van der Waals surface area contributed by atoms with Crippen molar-refractivity contribution < 1.29 is 4.42 Å². The SMILES string of the molecule is c1ccc(-n2c3ccccc3c3cccc(-c4cccc(N(c5cc6ccccc6c6ccccc56)c5cccc6c5oc5ccccc56)c4)c32)cc1. The molecular weight excluding hydrogens is 645 g/mol. The molecule has 0 aliphatic rings. The number of rotatable bonds is 5. The van der Waals surface area contributed by atoms with Crippen molar-refractivity contribution >= 4 is 82.4 Å². The fourth-order valence-electron chi connectivity index (χ4n) is 8.45. The second kappa shape index (κ2) is 11.7. The molecule has 0 radical (unpaired) electrons. The summed E-state index contributed by atoms with van der Waals surface area (Å²) in [5.74, 6) is 0. The number of furan rings is 1. The van der Waals surface area contributed by atoms with Crippen LogP contribution in [0.25, 0.3) is 82.1 Å². The number of aromatic nitrogens is 1. The molecule has 0 amide bonds. The number of hydrogen-bond acceptors (Lipinski definition) is 2. The van der Waals surface area contributed by atoms with Crippen molar-refractivity contribution in [2.45, 2.75) is 0 Å². The predicted molar refractivity (Wildman–Crippen MR) is 223 cm³/mol. The summed E-state index contributed by atoms with van der Waals surface area (Å²) in [6.07, 6.45) is 0. The lowest BCUT2D eigenvalue weighted by atomic mass is 9.98. The van der Waals surface area contributed by atoms with Crippen LogP contribution in [-0.4, -0.2) is 4.57 Å². The Morgan fingerprint density at radius 3 is 1.96 bits per heavy atom. The summed E-state index contributed by atoms with van der Waals surface area (Å²) in [6, 6.07) is 69.7. The van der Waals surface area contributed by atoms with E-state index in [2.05, 4.69) is 198 Å². The van der Waals surface area contributed by atoms with Crippen molar-refractivity contribution in [3.8, 4) is 16.8 Å². The molecule has 11 rings (SSSR count). The minimum Gasteiger partial charge on any atom is -0.454 e. The second-order valence-electron chi connectivity index (χ2n) is 13.7. The van der Waals surface area contributed by atoms with E-state index in [-0.39, 0.29) is 0 Å². The monoisotopic (exact) mass is 676 g/mol. The molecule has 11 aromatic rings. The topological polar surface area (TPSA) is 21.3 Å². The Morgan fingerprint density at radius 2 is 1.08 bits per heavy atom. The van der Waals surface area contributed by atoms with Crippen molar-refractivity contribution in [1.29, 1.82) is 0 Å². The van der Waals surface area contributed by atoms with Crippen LogP contribution in [0.4, 0.5) is 17.1 Å². The first-order chi connectivity index (χ1) is 26.3. The van der Waals surface area contributed by atoms with Crippen molar-refractivity contribution in [1.82, 2.24) is 4.57 Å². The molecule has 0 aliphatic heterocycles. The third-order valence-electron chi connectivity index (χ3n) is 10.7. The molecule has 0 aliphatic carbocycles. The first kappa shape index (κ1) is 29.6. The molecule has 9 aromatic carbocycles. The molecule has 0 saturated heterocycles. The predicted octanol–water partition coefficient (Wildman–Crippen LogP) is 14.1. The van der Waals surface area contributed by atoms with Crippen LogP contribution in [0.2, 0.25) is 0 Å². The minimum absolute atomic E-state index is 0.864. The minimum atomic E-state index is 0.864. The summed E-state index contributed by atoms with van der Waals surface area (Å²) in [7, 11) is 0. The van der Waals surface area contributed by atoms with Crippen LogP contribution in [-0.2, 0) is 0 Å². The molecule has 2 heterocycles. The number of anilines is 3. The van der Waals surface area contributed by atoms with Crippen LogP contribution in [0.15, 0.2) is 199 Å². The number of nitrogens with zero attached hydrogens (tertiary/aromatic N) is 2. The van der Waals surface area contributed by atoms with E-state index < -0.39 is 0 Å². The molecule has 3 heteroatoms. The van der Waals surface area contributed by atoms with Crippen molar-refractivity contribution in [2.24, 2.45) is 0 Å². The van der Waals surface area contributed by atoms with E-state index in [1.165, 1.54) is 48.9 Å². The van der Waals surface area contributed by atoms with Gasteiger partial charge in [0.25, 0.3) is 0 Å². The van der Waals surface area contributed by atoms with Gasteiger partial charge >= 0.3 is 0 Å². The van der Waals surface area contributed by atoms with E-state index in [1.807, 2.05) is 6.07 Å². The highest BCUT2D eigenvalue weighted by Crippen LogP contribution is 2.47.